The minimum Gasteiger partial charge on any atom is -0.452 e. The van der Waals surface area contributed by atoms with Crippen molar-refractivity contribution in [1.29, 1.82) is 0 Å². The lowest BCUT2D eigenvalue weighted by molar-refractivity contribution is -0.123. The quantitative estimate of drug-likeness (QED) is 0.703. The van der Waals surface area contributed by atoms with E-state index in [9.17, 15) is 14.4 Å². The van der Waals surface area contributed by atoms with E-state index in [4.69, 9.17) is 4.74 Å². The minimum atomic E-state index is -0.694. The number of nitrogens with zero attached hydrogens (tertiary/aromatic N) is 2. The monoisotopic (exact) mass is 363 g/mol. The Balaban J connectivity index is 1.54. The summed E-state index contributed by atoms with van der Waals surface area (Å²) in [7, 11) is 0. The number of benzene rings is 2. The van der Waals surface area contributed by atoms with E-state index in [1.807, 2.05) is 13.0 Å². The van der Waals surface area contributed by atoms with Gasteiger partial charge in [0, 0.05) is 17.5 Å². The van der Waals surface area contributed by atoms with Crippen LogP contribution in [0.1, 0.15) is 26.4 Å². The van der Waals surface area contributed by atoms with Crippen LogP contribution in [0.5, 0.6) is 0 Å². The Morgan fingerprint density at radius 1 is 0.963 bits per heavy atom. The second-order valence-corrected chi connectivity index (χ2v) is 5.75. The van der Waals surface area contributed by atoms with Gasteiger partial charge in [0.15, 0.2) is 6.61 Å². The van der Waals surface area contributed by atoms with Gasteiger partial charge < -0.3 is 4.74 Å². The minimum absolute atomic E-state index is 0.297. The highest BCUT2D eigenvalue weighted by molar-refractivity contribution is 6.05. The van der Waals surface area contributed by atoms with Gasteiger partial charge in [-0.1, -0.05) is 18.2 Å². The van der Waals surface area contributed by atoms with E-state index in [-0.39, 0.29) is 0 Å². The Bertz CT molecular complexity index is 962. The SMILES string of the molecule is Cc1ccnn1-c1ccc(C(=O)OCC(=O)NC(=O)c2ccccc2)cc1. The zero-order chi connectivity index (χ0) is 19.2. The first-order chi connectivity index (χ1) is 13.0. The molecule has 0 bridgehead atoms. The zero-order valence-corrected chi connectivity index (χ0v) is 14.6. The fourth-order valence-electron chi connectivity index (χ4n) is 2.42. The van der Waals surface area contributed by atoms with Crippen LogP contribution < -0.4 is 5.32 Å². The highest BCUT2D eigenvalue weighted by Gasteiger charge is 2.14. The maximum atomic E-state index is 12.1. The van der Waals surface area contributed by atoms with Crippen molar-refractivity contribution in [1.82, 2.24) is 15.1 Å². The number of aromatic nitrogens is 2. The molecule has 1 aromatic heterocycles. The molecule has 136 valence electrons. The zero-order valence-electron chi connectivity index (χ0n) is 14.6. The lowest BCUT2D eigenvalue weighted by Gasteiger charge is -2.07. The molecule has 27 heavy (non-hydrogen) atoms. The molecule has 1 N–H and O–H groups in total. The van der Waals surface area contributed by atoms with Crippen LogP contribution in [0.15, 0.2) is 66.9 Å². The normalized spacial score (nSPS) is 10.3. The molecule has 3 rings (SSSR count). The van der Waals surface area contributed by atoms with Gasteiger partial charge in [-0.05, 0) is 49.4 Å². The maximum absolute atomic E-state index is 12.1. The van der Waals surface area contributed by atoms with Gasteiger partial charge in [-0.25, -0.2) is 9.48 Å². The van der Waals surface area contributed by atoms with Crippen molar-refractivity contribution in [3.8, 4) is 5.69 Å². The standard InChI is InChI=1S/C20H17N3O4/c1-14-11-12-21-23(14)17-9-7-16(8-10-17)20(26)27-13-18(24)22-19(25)15-5-3-2-4-6-15/h2-12H,13H2,1H3,(H,22,24,25). The third kappa shape index (κ3) is 4.46. The fraction of sp³-hybridized carbons (Fsp3) is 0.100. The molecule has 0 saturated carbocycles. The average molecular weight is 363 g/mol. The Morgan fingerprint density at radius 2 is 1.67 bits per heavy atom. The highest BCUT2D eigenvalue weighted by Crippen LogP contribution is 2.12. The van der Waals surface area contributed by atoms with Gasteiger partial charge in [0.25, 0.3) is 11.8 Å². The van der Waals surface area contributed by atoms with Crippen LogP contribution in [0.4, 0.5) is 0 Å². The molecule has 0 aliphatic rings. The molecule has 0 atom stereocenters. The molecule has 7 nitrogen and oxygen atoms in total. The van der Waals surface area contributed by atoms with Gasteiger partial charge in [0.2, 0.25) is 0 Å². The number of carbonyl (C=O) groups is 3. The first-order valence-corrected chi connectivity index (χ1v) is 8.22. The smallest absolute Gasteiger partial charge is 0.338 e. The number of hydrogen-bond acceptors (Lipinski definition) is 5. The molecule has 1 heterocycles. The lowest BCUT2D eigenvalue weighted by Crippen LogP contribution is -2.34. The Hall–Kier alpha value is -3.74. The summed E-state index contributed by atoms with van der Waals surface area (Å²) in [5.74, 6) is -1.89. The van der Waals surface area contributed by atoms with Crippen molar-refractivity contribution in [2.24, 2.45) is 0 Å². The van der Waals surface area contributed by atoms with Crippen LogP contribution in [-0.4, -0.2) is 34.2 Å². The molecule has 0 aliphatic heterocycles. The van der Waals surface area contributed by atoms with Crippen LogP contribution in [-0.2, 0) is 9.53 Å². The molecule has 2 aromatic carbocycles. The number of amides is 2. The second kappa shape index (κ2) is 8.09. The predicted octanol–water partition coefficient (Wildman–Crippen LogP) is 2.29. The van der Waals surface area contributed by atoms with Crippen LogP contribution in [0.25, 0.3) is 5.69 Å². The summed E-state index contributed by atoms with van der Waals surface area (Å²) in [6.45, 7) is 1.38. The number of nitrogens with one attached hydrogen (secondary N) is 1. The van der Waals surface area contributed by atoms with Crippen molar-refractivity contribution < 1.29 is 19.1 Å². The summed E-state index contributed by atoms with van der Waals surface area (Å²) in [5.41, 5.74) is 2.41. The number of rotatable bonds is 5. The third-order valence-electron chi connectivity index (χ3n) is 3.80. The van der Waals surface area contributed by atoms with Crippen molar-refractivity contribution >= 4 is 17.8 Å². The molecular weight excluding hydrogens is 346 g/mol. The molecule has 0 radical (unpaired) electrons. The first kappa shape index (κ1) is 18.1. The van der Waals surface area contributed by atoms with Crippen LogP contribution in [0.2, 0.25) is 0 Å². The van der Waals surface area contributed by atoms with Gasteiger partial charge in [0.1, 0.15) is 0 Å². The third-order valence-corrected chi connectivity index (χ3v) is 3.80. The molecule has 3 aromatic rings. The summed E-state index contributed by atoms with van der Waals surface area (Å²) in [6, 6.07) is 16.8. The summed E-state index contributed by atoms with van der Waals surface area (Å²) in [5, 5.41) is 6.36. The number of carbonyl (C=O) groups excluding carboxylic acids is 3. The summed E-state index contributed by atoms with van der Waals surface area (Å²) in [6.07, 6.45) is 1.69. The highest BCUT2D eigenvalue weighted by atomic mass is 16.5. The van der Waals surface area contributed by atoms with E-state index >= 15 is 0 Å². The molecule has 0 fully saturated rings. The number of hydrogen-bond donors (Lipinski definition) is 1. The summed E-state index contributed by atoms with van der Waals surface area (Å²) >= 11 is 0. The fourth-order valence-corrected chi connectivity index (χ4v) is 2.42. The Morgan fingerprint density at radius 3 is 2.30 bits per heavy atom. The van der Waals surface area contributed by atoms with Crippen molar-refractivity contribution in [2.75, 3.05) is 6.61 Å². The van der Waals surface area contributed by atoms with Gasteiger partial charge in [-0.2, -0.15) is 5.10 Å². The average Bonchev–Trinajstić information content (AvgIpc) is 3.13. The second-order valence-electron chi connectivity index (χ2n) is 5.75. The maximum Gasteiger partial charge on any atom is 0.338 e. The van der Waals surface area contributed by atoms with Gasteiger partial charge >= 0.3 is 5.97 Å². The van der Waals surface area contributed by atoms with Gasteiger partial charge in [0.05, 0.1) is 11.3 Å². The lowest BCUT2D eigenvalue weighted by atomic mass is 10.2. The van der Waals surface area contributed by atoms with E-state index in [1.165, 1.54) is 0 Å². The Kier molecular flexibility index (Phi) is 5.41. The van der Waals surface area contributed by atoms with Gasteiger partial charge in [-0.15, -0.1) is 0 Å². The number of esters is 1. The molecule has 0 unspecified atom stereocenters. The van der Waals surface area contributed by atoms with Crippen LogP contribution in [0, 0.1) is 6.92 Å². The molecule has 0 spiro atoms. The topological polar surface area (TPSA) is 90.3 Å². The van der Waals surface area contributed by atoms with Crippen LogP contribution >= 0.6 is 0 Å². The Labute approximate surface area is 155 Å². The predicted molar refractivity (Wildman–Crippen MR) is 97.5 cm³/mol. The van der Waals surface area contributed by atoms with E-state index in [1.54, 1.807) is 65.5 Å². The molecule has 2 amide bonds. The van der Waals surface area contributed by atoms with Gasteiger partial charge in [-0.3, -0.25) is 14.9 Å². The van der Waals surface area contributed by atoms with Crippen molar-refractivity contribution in [3.05, 3.63) is 83.7 Å². The number of aryl methyl sites for hydroxylation is 1. The van der Waals surface area contributed by atoms with E-state index in [2.05, 4.69) is 10.4 Å². The van der Waals surface area contributed by atoms with E-state index in [0.717, 1.165) is 11.4 Å². The molecule has 7 heteroatoms. The van der Waals surface area contributed by atoms with Crippen LogP contribution in [0.3, 0.4) is 0 Å². The summed E-state index contributed by atoms with van der Waals surface area (Å²) in [4.78, 5) is 35.7. The first-order valence-electron chi connectivity index (χ1n) is 8.22. The molecular formula is C20H17N3O4. The summed E-state index contributed by atoms with van der Waals surface area (Å²) < 4.78 is 6.69. The van der Waals surface area contributed by atoms with E-state index < -0.39 is 24.4 Å². The molecule has 0 aliphatic carbocycles. The van der Waals surface area contributed by atoms with Crippen molar-refractivity contribution in [2.45, 2.75) is 6.92 Å². The number of ether oxygens (including phenoxy) is 1. The largest absolute Gasteiger partial charge is 0.452 e. The van der Waals surface area contributed by atoms with Crippen molar-refractivity contribution in [3.63, 3.8) is 0 Å². The molecule has 0 saturated heterocycles. The number of imide groups is 1. The van der Waals surface area contributed by atoms with E-state index in [0.29, 0.717) is 11.1 Å².